The minimum Gasteiger partial charge on any atom is -0.491 e. The highest BCUT2D eigenvalue weighted by Crippen LogP contribution is 2.17. The van der Waals surface area contributed by atoms with Crippen molar-refractivity contribution >= 4 is 0 Å². The predicted molar refractivity (Wildman–Crippen MR) is 59.3 cm³/mol. The Morgan fingerprint density at radius 3 is 2.53 bits per heavy atom. The molecule has 15 heavy (non-hydrogen) atoms. The summed E-state index contributed by atoms with van der Waals surface area (Å²) in [5.41, 5.74) is 2.38. The Kier molecular flexibility index (Phi) is 5.15. The van der Waals surface area contributed by atoms with Gasteiger partial charge in [0, 0.05) is 14.2 Å². The first-order chi connectivity index (χ1) is 7.27. The normalized spacial score (nSPS) is 10.3. The second kappa shape index (κ2) is 6.43. The summed E-state index contributed by atoms with van der Waals surface area (Å²) in [4.78, 5) is 0. The largest absolute Gasteiger partial charge is 0.491 e. The molecule has 1 rings (SSSR count). The van der Waals surface area contributed by atoms with E-state index < -0.39 is 0 Å². The molecule has 84 valence electrons. The van der Waals surface area contributed by atoms with Crippen LogP contribution in [0.1, 0.15) is 11.1 Å². The standard InChI is InChI=1S/C12H18O3/c1-10-4-5-12(15-7-6-13-2)8-11(10)9-14-3/h4-5,8H,6-7,9H2,1-3H3. The fraction of sp³-hybridized carbons (Fsp3) is 0.500. The van der Waals surface area contributed by atoms with Crippen molar-refractivity contribution in [2.24, 2.45) is 0 Å². The number of ether oxygens (including phenoxy) is 3. The third-order valence-electron chi connectivity index (χ3n) is 2.18. The van der Waals surface area contributed by atoms with E-state index in [0.29, 0.717) is 19.8 Å². The van der Waals surface area contributed by atoms with E-state index in [0.717, 1.165) is 11.3 Å². The van der Waals surface area contributed by atoms with E-state index in [1.54, 1.807) is 14.2 Å². The molecule has 0 aromatic heterocycles. The average molecular weight is 210 g/mol. The number of aryl methyl sites for hydroxylation is 1. The summed E-state index contributed by atoms with van der Waals surface area (Å²) in [6.45, 7) is 3.86. The maximum Gasteiger partial charge on any atom is 0.119 e. The average Bonchev–Trinajstić information content (AvgIpc) is 2.23. The van der Waals surface area contributed by atoms with Crippen LogP contribution in [0.3, 0.4) is 0 Å². The molecule has 0 aliphatic carbocycles. The van der Waals surface area contributed by atoms with Crippen LogP contribution in [0.15, 0.2) is 18.2 Å². The van der Waals surface area contributed by atoms with Crippen molar-refractivity contribution in [3.8, 4) is 5.75 Å². The first kappa shape index (κ1) is 12.0. The van der Waals surface area contributed by atoms with Crippen LogP contribution in [-0.2, 0) is 16.1 Å². The van der Waals surface area contributed by atoms with Gasteiger partial charge in [0.25, 0.3) is 0 Å². The van der Waals surface area contributed by atoms with Gasteiger partial charge in [-0.25, -0.2) is 0 Å². The molecule has 1 aromatic carbocycles. The van der Waals surface area contributed by atoms with Gasteiger partial charge in [0.2, 0.25) is 0 Å². The minimum absolute atomic E-state index is 0.575. The summed E-state index contributed by atoms with van der Waals surface area (Å²) in [7, 11) is 3.35. The molecule has 3 nitrogen and oxygen atoms in total. The van der Waals surface area contributed by atoms with Crippen molar-refractivity contribution in [3.05, 3.63) is 29.3 Å². The Hall–Kier alpha value is -1.06. The van der Waals surface area contributed by atoms with E-state index in [1.165, 1.54) is 5.56 Å². The highest BCUT2D eigenvalue weighted by atomic mass is 16.5. The van der Waals surface area contributed by atoms with Gasteiger partial charge < -0.3 is 14.2 Å². The Bertz CT molecular complexity index is 297. The zero-order valence-corrected chi connectivity index (χ0v) is 9.58. The van der Waals surface area contributed by atoms with E-state index in [1.807, 2.05) is 18.2 Å². The van der Waals surface area contributed by atoms with Gasteiger partial charge >= 0.3 is 0 Å². The maximum atomic E-state index is 5.51. The van der Waals surface area contributed by atoms with Crippen LogP contribution in [0, 0.1) is 6.92 Å². The number of hydrogen-bond acceptors (Lipinski definition) is 3. The molecule has 0 amide bonds. The summed E-state index contributed by atoms with van der Waals surface area (Å²) >= 11 is 0. The van der Waals surface area contributed by atoms with Crippen molar-refractivity contribution in [2.45, 2.75) is 13.5 Å². The first-order valence-electron chi connectivity index (χ1n) is 4.98. The van der Waals surface area contributed by atoms with Crippen molar-refractivity contribution in [1.29, 1.82) is 0 Å². The van der Waals surface area contributed by atoms with Crippen LogP contribution in [0.5, 0.6) is 5.75 Å². The fourth-order valence-electron chi connectivity index (χ4n) is 1.29. The number of rotatable bonds is 6. The quantitative estimate of drug-likeness (QED) is 0.673. The van der Waals surface area contributed by atoms with Gasteiger partial charge in [0.1, 0.15) is 12.4 Å². The molecule has 0 unspecified atom stereocenters. The lowest BCUT2D eigenvalue weighted by Crippen LogP contribution is -2.04. The zero-order chi connectivity index (χ0) is 11.1. The topological polar surface area (TPSA) is 27.7 Å². The summed E-state index contributed by atoms with van der Waals surface area (Å²) in [5, 5.41) is 0. The second-order valence-corrected chi connectivity index (χ2v) is 3.36. The molecular formula is C12H18O3. The fourth-order valence-corrected chi connectivity index (χ4v) is 1.29. The van der Waals surface area contributed by atoms with E-state index in [-0.39, 0.29) is 0 Å². The molecule has 0 aliphatic rings. The maximum absolute atomic E-state index is 5.51. The Labute approximate surface area is 91.0 Å². The van der Waals surface area contributed by atoms with Crippen LogP contribution in [0.4, 0.5) is 0 Å². The highest BCUT2D eigenvalue weighted by Gasteiger charge is 2.00. The highest BCUT2D eigenvalue weighted by molar-refractivity contribution is 5.34. The molecule has 0 heterocycles. The molecule has 0 bridgehead atoms. The molecule has 0 radical (unpaired) electrons. The van der Waals surface area contributed by atoms with Gasteiger partial charge in [0.15, 0.2) is 0 Å². The molecule has 0 saturated heterocycles. The van der Waals surface area contributed by atoms with Crippen molar-refractivity contribution in [2.75, 3.05) is 27.4 Å². The van der Waals surface area contributed by atoms with Crippen LogP contribution < -0.4 is 4.74 Å². The number of hydrogen-bond donors (Lipinski definition) is 0. The van der Waals surface area contributed by atoms with Crippen LogP contribution >= 0.6 is 0 Å². The third-order valence-corrected chi connectivity index (χ3v) is 2.18. The van der Waals surface area contributed by atoms with Crippen molar-refractivity contribution in [3.63, 3.8) is 0 Å². The number of benzene rings is 1. The Balaban J connectivity index is 2.61. The van der Waals surface area contributed by atoms with Gasteiger partial charge in [-0.3, -0.25) is 0 Å². The van der Waals surface area contributed by atoms with E-state index in [2.05, 4.69) is 6.92 Å². The van der Waals surface area contributed by atoms with Crippen LogP contribution in [0.25, 0.3) is 0 Å². The van der Waals surface area contributed by atoms with Gasteiger partial charge in [-0.1, -0.05) is 6.07 Å². The summed E-state index contributed by atoms with van der Waals surface area (Å²) in [6.07, 6.45) is 0. The molecule has 0 fully saturated rings. The molecule has 0 saturated carbocycles. The lowest BCUT2D eigenvalue weighted by Gasteiger charge is -2.09. The summed E-state index contributed by atoms with van der Waals surface area (Å²) < 4.78 is 15.5. The zero-order valence-electron chi connectivity index (χ0n) is 9.58. The van der Waals surface area contributed by atoms with Crippen molar-refractivity contribution < 1.29 is 14.2 Å². The van der Waals surface area contributed by atoms with Crippen LogP contribution in [0.2, 0.25) is 0 Å². The van der Waals surface area contributed by atoms with Crippen LogP contribution in [-0.4, -0.2) is 27.4 Å². The SMILES string of the molecule is COCCOc1ccc(C)c(COC)c1. The molecule has 3 heteroatoms. The van der Waals surface area contributed by atoms with Gasteiger partial charge in [0.05, 0.1) is 13.2 Å². The monoisotopic (exact) mass is 210 g/mol. The minimum atomic E-state index is 0.575. The Morgan fingerprint density at radius 1 is 1.07 bits per heavy atom. The van der Waals surface area contributed by atoms with E-state index >= 15 is 0 Å². The Morgan fingerprint density at radius 2 is 1.87 bits per heavy atom. The summed E-state index contributed by atoms with van der Waals surface area (Å²) in [5.74, 6) is 0.865. The first-order valence-corrected chi connectivity index (χ1v) is 4.98. The lowest BCUT2D eigenvalue weighted by molar-refractivity contribution is 0.146. The molecule has 0 spiro atoms. The van der Waals surface area contributed by atoms with Crippen molar-refractivity contribution in [1.82, 2.24) is 0 Å². The van der Waals surface area contributed by atoms with Gasteiger partial charge in [-0.05, 0) is 30.2 Å². The lowest BCUT2D eigenvalue weighted by atomic mass is 10.1. The predicted octanol–water partition coefficient (Wildman–Crippen LogP) is 2.17. The van der Waals surface area contributed by atoms with Gasteiger partial charge in [-0.2, -0.15) is 0 Å². The van der Waals surface area contributed by atoms with Gasteiger partial charge in [-0.15, -0.1) is 0 Å². The second-order valence-electron chi connectivity index (χ2n) is 3.36. The number of methoxy groups -OCH3 is 2. The van der Waals surface area contributed by atoms with E-state index in [9.17, 15) is 0 Å². The molecule has 0 N–H and O–H groups in total. The molecule has 0 atom stereocenters. The third kappa shape index (κ3) is 3.90. The molecule has 1 aromatic rings. The smallest absolute Gasteiger partial charge is 0.119 e. The molecule has 0 aliphatic heterocycles. The van der Waals surface area contributed by atoms with E-state index in [4.69, 9.17) is 14.2 Å². The molecular weight excluding hydrogens is 192 g/mol. The summed E-state index contributed by atoms with van der Waals surface area (Å²) in [6, 6.07) is 6.01.